The fourth-order valence-corrected chi connectivity index (χ4v) is 4.34. The molecule has 1 aromatic rings. The normalized spacial score (nSPS) is 17.8. The predicted octanol–water partition coefficient (Wildman–Crippen LogP) is 0.924. The third-order valence-corrected chi connectivity index (χ3v) is 5.82. The Morgan fingerprint density at radius 3 is 2.52 bits per heavy atom. The average Bonchev–Trinajstić information content (AvgIpc) is 2.68. The molecule has 7 nitrogen and oxygen atoms in total. The minimum atomic E-state index is -3.62. The van der Waals surface area contributed by atoms with Crippen LogP contribution in [0.2, 0.25) is 0 Å². The molecule has 0 atom stereocenters. The Hall–Kier alpha value is -1.41. The monoisotopic (exact) mass is 315 g/mol. The zero-order valence-corrected chi connectivity index (χ0v) is 13.4. The van der Waals surface area contributed by atoms with Gasteiger partial charge >= 0.3 is 0 Å². The molecule has 0 radical (unpaired) electrons. The molecule has 1 amide bonds. The highest BCUT2D eigenvalue weighted by atomic mass is 32.2. The van der Waals surface area contributed by atoms with Crippen LogP contribution in [0.5, 0.6) is 0 Å². The third kappa shape index (κ3) is 3.11. The van der Waals surface area contributed by atoms with E-state index in [0.717, 1.165) is 0 Å². The Kier molecular flexibility index (Phi) is 4.67. The van der Waals surface area contributed by atoms with Gasteiger partial charge in [-0.2, -0.15) is 4.31 Å². The fourth-order valence-electron chi connectivity index (χ4n) is 2.58. The molecular weight excluding hydrogens is 294 g/mol. The van der Waals surface area contributed by atoms with Crippen LogP contribution in [0, 0.1) is 13.8 Å². The summed E-state index contributed by atoms with van der Waals surface area (Å²) in [7, 11) is -3.62. The first kappa shape index (κ1) is 16.0. The molecule has 0 saturated carbocycles. The van der Waals surface area contributed by atoms with Gasteiger partial charge in [-0.05, 0) is 20.3 Å². The Labute approximate surface area is 124 Å². The number of rotatable bonds is 3. The highest BCUT2D eigenvalue weighted by Crippen LogP contribution is 2.24. The van der Waals surface area contributed by atoms with E-state index in [1.807, 2.05) is 6.92 Å². The number of aryl methyl sites for hydroxylation is 2. The van der Waals surface area contributed by atoms with Crippen LogP contribution in [-0.2, 0) is 14.8 Å². The van der Waals surface area contributed by atoms with Gasteiger partial charge in [0.15, 0.2) is 5.76 Å². The third-order valence-electron chi connectivity index (χ3n) is 3.68. The van der Waals surface area contributed by atoms with Crippen LogP contribution in [0.15, 0.2) is 9.42 Å². The lowest BCUT2D eigenvalue weighted by Crippen LogP contribution is -2.37. The first-order valence-corrected chi connectivity index (χ1v) is 8.52. The smallest absolute Gasteiger partial charge is 0.248 e. The number of carbonyl (C=O) groups excluding carboxylic acids is 1. The Balaban J connectivity index is 2.21. The van der Waals surface area contributed by atoms with E-state index in [-0.39, 0.29) is 10.8 Å². The second kappa shape index (κ2) is 6.15. The molecule has 1 aliphatic heterocycles. The van der Waals surface area contributed by atoms with Gasteiger partial charge in [0.2, 0.25) is 15.9 Å². The lowest BCUT2D eigenvalue weighted by Gasteiger charge is -2.21. The molecule has 0 aliphatic carbocycles. The summed E-state index contributed by atoms with van der Waals surface area (Å²) in [5.41, 5.74) is 0.373. The van der Waals surface area contributed by atoms with Crippen molar-refractivity contribution in [2.24, 2.45) is 0 Å². The maximum Gasteiger partial charge on any atom is 0.248 e. The van der Waals surface area contributed by atoms with E-state index in [9.17, 15) is 13.2 Å². The highest BCUT2D eigenvalue weighted by molar-refractivity contribution is 7.89. The molecule has 1 fully saturated rings. The van der Waals surface area contributed by atoms with Crippen molar-refractivity contribution in [3.8, 4) is 0 Å². The van der Waals surface area contributed by atoms with Crippen LogP contribution in [0.4, 0.5) is 0 Å². The lowest BCUT2D eigenvalue weighted by molar-refractivity contribution is -0.130. The van der Waals surface area contributed by atoms with Crippen LogP contribution in [-0.4, -0.2) is 54.9 Å². The van der Waals surface area contributed by atoms with E-state index in [0.29, 0.717) is 50.5 Å². The number of carbonyl (C=O) groups is 1. The van der Waals surface area contributed by atoms with Crippen LogP contribution in [0.1, 0.15) is 31.2 Å². The molecule has 0 spiro atoms. The van der Waals surface area contributed by atoms with Gasteiger partial charge in [-0.3, -0.25) is 4.79 Å². The first-order valence-electron chi connectivity index (χ1n) is 7.08. The van der Waals surface area contributed by atoms with E-state index >= 15 is 0 Å². The van der Waals surface area contributed by atoms with Crippen LogP contribution in [0.25, 0.3) is 0 Å². The zero-order chi connectivity index (χ0) is 15.6. The largest absolute Gasteiger partial charge is 0.360 e. The van der Waals surface area contributed by atoms with Crippen molar-refractivity contribution in [3.63, 3.8) is 0 Å². The number of nitrogens with zero attached hydrogens (tertiary/aromatic N) is 3. The van der Waals surface area contributed by atoms with E-state index in [2.05, 4.69) is 5.16 Å². The van der Waals surface area contributed by atoms with Gasteiger partial charge in [-0.25, -0.2) is 8.42 Å². The van der Waals surface area contributed by atoms with Crippen molar-refractivity contribution >= 4 is 15.9 Å². The molecule has 1 aliphatic rings. The van der Waals surface area contributed by atoms with Gasteiger partial charge in [0.05, 0.1) is 0 Å². The summed E-state index contributed by atoms with van der Waals surface area (Å²) < 4.78 is 31.8. The van der Waals surface area contributed by atoms with Gasteiger partial charge in [-0.1, -0.05) is 12.1 Å². The van der Waals surface area contributed by atoms with Crippen LogP contribution < -0.4 is 0 Å². The molecule has 1 saturated heterocycles. The number of hydrogen-bond acceptors (Lipinski definition) is 5. The second-order valence-corrected chi connectivity index (χ2v) is 7.02. The topological polar surface area (TPSA) is 83.7 Å². The van der Waals surface area contributed by atoms with Crippen molar-refractivity contribution in [3.05, 3.63) is 11.5 Å². The summed E-state index contributed by atoms with van der Waals surface area (Å²) in [5, 5.41) is 3.71. The van der Waals surface area contributed by atoms with E-state index < -0.39 is 10.0 Å². The van der Waals surface area contributed by atoms with Crippen molar-refractivity contribution in [1.82, 2.24) is 14.4 Å². The van der Waals surface area contributed by atoms with E-state index in [4.69, 9.17) is 4.52 Å². The summed E-state index contributed by atoms with van der Waals surface area (Å²) in [4.78, 5) is 13.6. The SMILES string of the molecule is CCC(=O)N1CCCN(S(=O)(=O)c2c(C)noc2C)CC1. The molecule has 0 N–H and O–H groups in total. The van der Waals surface area contributed by atoms with Crippen molar-refractivity contribution in [2.75, 3.05) is 26.2 Å². The van der Waals surface area contributed by atoms with Gasteiger partial charge in [0.25, 0.3) is 0 Å². The standard InChI is InChI=1S/C13H21N3O4S/c1-4-12(17)15-6-5-7-16(9-8-15)21(18,19)13-10(2)14-20-11(13)3/h4-9H2,1-3H3. The Bertz CT molecular complexity index is 604. The number of sulfonamides is 1. The quantitative estimate of drug-likeness (QED) is 0.828. The van der Waals surface area contributed by atoms with Gasteiger partial charge in [0, 0.05) is 32.6 Å². The first-order chi connectivity index (χ1) is 9.87. The number of hydrogen-bond donors (Lipinski definition) is 0. The summed E-state index contributed by atoms with van der Waals surface area (Å²) in [6.45, 7) is 6.75. The Morgan fingerprint density at radius 1 is 1.24 bits per heavy atom. The molecule has 2 rings (SSSR count). The zero-order valence-electron chi connectivity index (χ0n) is 12.6. The average molecular weight is 315 g/mol. The van der Waals surface area contributed by atoms with Crippen LogP contribution >= 0.6 is 0 Å². The molecule has 21 heavy (non-hydrogen) atoms. The van der Waals surface area contributed by atoms with E-state index in [1.165, 1.54) is 4.31 Å². The molecule has 2 heterocycles. The maximum atomic E-state index is 12.7. The second-order valence-electron chi connectivity index (χ2n) is 5.15. The molecule has 0 aromatic carbocycles. The molecule has 118 valence electrons. The molecule has 1 aromatic heterocycles. The number of amides is 1. The van der Waals surface area contributed by atoms with Crippen molar-refractivity contribution in [1.29, 1.82) is 0 Å². The van der Waals surface area contributed by atoms with Crippen molar-refractivity contribution in [2.45, 2.75) is 38.5 Å². The molecule has 0 bridgehead atoms. The van der Waals surface area contributed by atoms with Gasteiger partial charge in [-0.15, -0.1) is 0 Å². The van der Waals surface area contributed by atoms with Crippen LogP contribution in [0.3, 0.4) is 0 Å². The molecule has 0 unspecified atom stereocenters. The summed E-state index contributed by atoms with van der Waals surface area (Å²) in [6, 6.07) is 0. The highest BCUT2D eigenvalue weighted by Gasteiger charge is 2.32. The van der Waals surface area contributed by atoms with Gasteiger partial charge < -0.3 is 9.42 Å². The summed E-state index contributed by atoms with van der Waals surface area (Å²) in [5.74, 6) is 0.366. The minimum Gasteiger partial charge on any atom is -0.360 e. The minimum absolute atomic E-state index is 0.0617. The molecule has 8 heteroatoms. The fraction of sp³-hybridized carbons (Fsp3) is 0.692. The van der Waals surface area contributed by atoms with Gasteiger partial charge in [0.1, 0.15) is 10.6 Å². The lowest BCUT2D eigenvalue weighted by atomic mass is 10.3. The molecular formula is C13H21N3O4S. The maximum absolute atomic E-state index is 12.7. The predicted molar refractivity (Wildman–Crippen MR) is 76.2 cm³/mol. The summed E-state index contributed by atoms with van der Waals surface area (Å²) >= 11 is 0. The Morgan fingerprint density at radius 2 is 1.95 bits per heavy atom. The summed E-state index contributed by atoms with van der Waals surface area (Å²) in [6.07, 6.45) is 1.07. The van der Waals surface area contributed by atoms with E-state index in [1.54, 1.807) is 18.7 Å². The van der Waals surface area contributed by atoms with Crippen molar-refractivity contribution < 1.29 is 17.7 Å². The number of aromatic nitrogens is 1.